The third-order valence-electron chi connectivity index (χ3n) is 10.1. The first-order valence-electron chi connectivity index (χ1n) is 13.1. The van der Waals surface area contributed by atoms with E-state index in [0.29, 0.717) is 24.2 Å². The number of fused-ring (bicyclic) bond motifs is 5. The van der Waals surface area contributed by atoms with Crippen molar-refractivity contribution in [3.05, 3.63) is 24.3 Å². The van der Waals surface area contributed by atoms with Crippen molar-refractivity contribution in [2.24, 2.45) is 40.4 Å². The van der Waals surface area contributed by atoms with Crippen molar-refractivity contribution >= 4 is 0 Å². The molecule has 0 radical (unpaired) electrons. The molecule has 0 aliphatic heterocycles. The Bertz CT molecular complexity index is 697. The van der Waals surface area contributed by atoms with Gasteiger partial charge in [-0.05, 0) is 112 Å². The highest BCUT2D eigenvalue weighted by atomic mass is 16.3. The lowest BCUT2D eigenvalue weighted by Crippen LogP contribution is -2.57. The Morgan fingerprint density at radius 1 is 1.23 bits per heavy atom. The Morgan fingerprint density at radius 2 is 2.00 bits per heavy atom. The van der Waals surface area contributed by atoms with E-state index in [-0.39, 0.29) is 16.9 Å². The highest BCUT2D eigenvalue weighted by Crippen LogP contribution is 2.67. The van der Waals surface area contributed by atoms with E-state index < -0.39 is 5.60 Å². The molecule has 0 saturated heterocycles. The van der Waals surface area contributed by atoms with Crippen LogP contribution in [0, 0.1) is 40.4 Å². The molecule has 0 aromatic heterocycles. The maximum atomic E-state index is 11.6. The third kappa shape index (κ3) is 3.97. The van der Waals surface area contributed by atoms with Gasteiger partial charge in [0, 0.05) is 6.54 Å². The second-order valence-corrected chi connectivity index (χ2v) is 12.4. The zero-order valence-electron chi connectivity index (χ0n) is 20.5. The van der Waals surface area contributed by atoms with Crippen LogP contribution in [0.4, 0.5) is 0 Å². The van der Waals surface area contributed by atoms with Crippen molar-refractivity contribution in [1.82, 2.24) is 5.32 Å². The Hall–Kier alpha value is -0.640. The first kappa shape index (κ1) is 23.5. The summed E-state index contributed by atoms with van der Waals surface area (Å²) in [6, 6.07) is 0. The molecule has 0 heterocycles. The van der Waals surface area contributed by atoms with Gasteiger partial charge in [0.2, 0.25) is 0 Å². The summed E-state index contributed by atoms with van der Waals surface area (Å²) in [5.74, 6) is 3.14. The van der Waals surface area contributed by atoms with Gasteiger partial charge in [-0.15, -0.1) is 6.58 Å². The zero-order chi connectivity index (χ0) is 22.4. The fourth-order valence-electron chi connectivity index (χ4n) is 8.75. The summed E-state index contributed by atoms with van der Waals surface area (Å²) in [6.45, 7) is 15.2. The van der Waals surface area contributed by atoms with E-state index in [2.05, 4.69) is 45.7 Å². The van der Waals surface area contributed by atoms with Crippen molar-refractivity contribution in [1.29, 1.82) is 0 Å². The SMILES string of the molecule is C=CCC(C)(O)[C@H]1CC[C@H]2[C@@H]3CC=C4C[C@@H](O)CC[C@]4(C)[C@H]3CC[C@]12CNCC(C)C. The largest absolute Gasteiger partial charge is 0.393 e. The number of rotatable bonds is 7. The predicted molar refractivity (Wildman–Crippen MR) is 129 cm³/mol. The second-order valence-electron chi connectivity index (χ2n) is 12.4. The van der Waals surface area contributed by atoms with Crippen LogP contribution in [0.3, 0.4) is 0 Å². The van der Waals surface area contributed by atoms with Crippen molar-refractivity contribution in [2.45, 2.75) is 97.2 Å². The topological polar surface area (TPSA) is 52.5 Å². The smallest absolute Gasteiger partial charge is 0.0687 e. The molecular formula is C28H47NO2. The normalized spacial score (nSPS) is 44.1. The molecular weight excluding hydrogens is 382 g/mol. The van der Waals surface area contributed by atoms with Crippen LogP contribution in [0.15, 0.2) is 24.3 Å². The maximum Gasteiger partial charge on any atom is 0.0687 e. The molecule has 8 atom stereocenters. The molecule has 4 rings (SSSR count). The first-order valence-corrected chi connectivity index (χ1v) is 13.1. The predicted octanol–water partition coefficient (Wildman–Crippen LogP) is 5.48. The zero-order valence-corrected chi connectivity index (χ0v) is 20.5. The average molecular weight is 430 g/mol. The third-order valence-corrected chi connectivity index (χ3v) is 10.1. The van der Waals surface area contributed by atoms with Gasteiger partial charge < -0.3 is 15.5 Å². The Labute approximate surface area is 190 Å². The summed E-state index contributed by atoms with van der Waals surface area (Å²) in [7, 11) is 0. The number of aliphatic hydroxyl groups excluding tert-OH is 1. The minimum absolute atomic E-state index is 0.136. The van der Waals surface area contributed by atoms with Gasteiger partial charge in [0.25, 0.3) is 0 Å². The molecule has 3 nitrogen and oxygen atoms in total. The van der Waals surface area contributed by atoms with Crippen molar-refractivity contribution < 1.29 is 10.2 Å². The summed E-state index contributed by atoms with van der Waals surface area (Å²) < 4.78 is 0. The van der Waals surface area contributed by atoms with Gasteiger partial charge in [-0.25, -0.2) is 0 Å². The van der Waals surface area contributed by atoms with E-state index in [1.807, 2.05) is 6.08 Å². The molecule has 4 aliphatic rings. The molecule has 0 aromatic rings. The molecule has 1 unspecified atom stereocenters. The molecule has 176 valence electrons. The van der Waals surface area contributed by atoms with Gasteiger partial charge in [0.1, 0.15) is 0 Å². The highest BCUT2D eigenvalue weighted by Gasteiger charge is 2.62. The molecule has 0 aromatic carbocycles. The van der Waals surface area contributed by atoms with E-state index in [1.165, 1.54) is 25.7 Å². The summed E-state index contributed by atoms with van der Waals surface area (Å²) in [5, 5.41) is 25.7. The van der Waals surface area contributed by atoms with Crippen LogP contribution in [0.1, 0.15) is 85.5 Å². The van der Waals surface area contributed by atoms with Crippen LogP contribution in [-0.4, -0.2) is 35.0 Å². The van der Waals surface area contributed by atoms with E-state index in [9.17, 15) is 10.2 Å². The van der Waals surface area contributed by atoms with Crippen molar-refractivity contribution in [2.75, 3.05) is 13.1 Å². The van der Waals surface area contributed by atoms with Crippen LogP contribution < -0.4 is 5.32 Å². The summed E-state index contributed by atoms with van der Waals surface area (Å²) in [5.41, 5.74) is 1.35. The first-order chi connectivity index (χ1) is 14.6. The minimum Gasteiger partial charge on any atom is -0.393 e. The van der Waals surface area contributed by atoms with E-state index in [1.54, 1.807) is 5.57 Å². The standard InChI is InChI=1S/C28H47NO2/c1-6-13-27(5,31)25-10-9-24-22-8-7-20-16-21(30)11-14-26(20,4)23(22)12-15-28(24,25)18-29-17-19(2)3/h6-7,19,21-25,29-31H,1,8-18H2,2-5H3/t21-,22+,23-,24-,25+,26-,27?,28+/m0/s1. The van der Waals surface area contributed by atoms with E-state index in [4.69, 9.17) is 0 Å². The number of allylic oxidation sites excluding steroid dienone is 1. The fourth-order valence-corrected chi connectivity index (χ4v) is 8.75. The Kier molecular flexibility index (Phi) is 6.53. The van der Waals surface area contributed by atoms with Gasteiger partial charge in [-0.1, -0.05) is 38.5 Å². The quantitative estimate of drug-likeness (QED) is 0.470. The fraction of sp³-hybridized carbons (Fsp3) is 0.857. The van der Waals surface area contributed by atoms with Crippen molar-refractivity contribution in [3.8, 4) is 0 Å². The molecule has 0 spiro atoms. The minimum atomic E-state index is -0.669. The molecule has 3 heteroatoms. The Morgan fingerprint density at radius 3 is 2.71 bits per heavy atom. The molecule has 3 fully saturated rings. The lowest BCUT2D eigenvalue weighted by atomic mass is 9.46. The molecule has 0 amide bonds. The number of hydrogen-bond acceptors (Lipinski definition) is 3. The van der Waals surface area contributed by atoms with E-state index in [0.717, 1.165) is 50.6 Å². The molecule has 3 N–H and O–H groups in total. The highest BCUT2D eigenvalue weighted by molar-refractivity contribution is 5.26. The number of hydrogen-bond donors (Lipinski definition) is 3. The number of aliphatic hydroxyl groups is 2. The van der Waals surface area contributed by atoms with Crippen LogP contribution in [-0.2, 0) is 0 Å². The monoisotopic (exact) mass is 429 g/mol. The van der Waals surface area contributed by atoms with Crippen LogP contribution >= 0.6 is 0 Å². The van der Waals surface area contributed by atoms with E-state index >= 15 is 0 Å². The Balaban J connectivity index is 1.65. The summed E-state index contributed by atoms with van der Waals surface area (Å²) >= 11 is 0. The van der Waals surface area contributed by atoms with Gasteiger partial charge in [0.15, 0.2) is 0 Å². The average Bonchev–Trinajstić information content (AvgIpc) is 3.09. The van der Waals surface area contributed by atoms with Gasteiger partial charge >= 0.3 is 0 Å². The summed E-state index contributed by atoms with van der Waals surface area (Å²) in [6.07, 6.45) is 14.1. The lowest BCUT2D eigenvalue weighted by molar-refractivity contribution is -0.108. The molecule has 31 heavy (non-hydrogen) atoms. The van der Waals surface area contributed by atoms with Gasteiger partial charge in [-0.2, -0.15) is 0 Å². The number of nitrogens with one attached hydrogen (secondary N) is 1. The molecule has 0 bridgehead atoms. The van der Waals surface area contributed by atoms with Gasteiger partial charge in [0.05, 0.1) is 11.7 Å². The molecule has 3 saturated carbocycles. The van der Waals surface area contributed by atoms with Crippen LogP contribution in [0.25, 0.3) is 0 Å². The lowest BCUT2D eigenvalue weighted by Gasteiger charge is -2.59. The summed E-state index contributed by atoms with van der Waals surface area (Å²) in [4.78, 5) is 0. The van der Waals surface area contributed by atoms with Crippen molar-refractivity contribution in [3.63, 3.8) is 0 Å². The maximum absolute atomic E-state index is 11.6. The van der Waals surface area contributed by atoms with Crippen LogP contribution in [0.5, 0.6) is 0 Å². The van der Waals surface area contributed by atoms with Crippen LogP contribution in [0.2, 0.25) is 0 Å². The second kappa shape index (κ2) is 8.61. The molecule has 4 aliphatic carbocycles. The van der Waals surface area contributed by atoms with Gasteiger partial charge in [-0.3, -0.25) is 0 Å².